The number of aromatic nitrogens is 1. The van der Waals surface area contributed by atoms with Crippen molar-refractivity contribution in [3.63, 3.8) is 0 Å². The van der Waals surface area contributed by atoms with Crippen LogP contribution in [0.25, 0.3) is 0 Å². The van der Waals surface area contributed by atoms with Gasteiger partial charge in [0.05, 0.1) is 11.1 Å². The van der Waals surface area contributed by atoms with E-state index < -0.39 is 11.1 Å². The van der Waals surface area contributed by atoms with E-state index in [2.05, 4.69) is 10.3 Å². The molecular weight excluding hydrogens is 240 g/mol. The molecule has 0 atom stereocenters. The fraction of sp³-hybridized carbons (Fsp3) is 0.500. The molecule has 1 amide bonds. The molecule has 0 saturated heterocycles. The van der Waals surface area contributed by atoms with Crippen LogP contribution in [0.3, 0.4) is 0 Å². The number of nitrogens with zero attached hydrogens (tertiary/aromatic N) is 1. The van der Waals surface area contributed by atoms with Crippen molar-refractivity contribution < 1.29 is 9.90 Å². The van der Waals surface area contributed by atoms with Gasteiger partial charge in [0, 0.05) is 11.2 Å². The molecule has 2 N–H and O–H groups in total. The highest BCUT2D eigenvalue weighted by Gasteiger charge is 2.36. The van der Waals surface area contributed by atoms with Crippen LogP contribution in [0, 0.1) is 0 Å². The third-order valence-electron chi connectivity index (χ3n) is 2.91. The zero-order valence-electron chi connectivity index (χ0n) is 10.4. The normalized spacial score (nSPS) is 12.4. The van der Waals surface area contributed by atoms with E-state index in [1.54, 1.807) is 33.8 Å². The molecule has 0 aromatic carbocycles. The van der Waals surface area contributed by atoms with Crippen LogP contribution in [-0.4, -0.2) is 27.1 Å². The van der Waals surface area contributed by atoms with Gasteiger partial charge >= 0.3 is 0 Å². The summed E-state index contributed by atoms with van der Waals surface area (Å²) in [4.78, 5) is 15.8. The van der Waals surface area contributed by atoms with Crippen molar-refractivity contribution in [1.29, 1.82) is 0 Å². The standard InChI is InChI=1S/C12H17ClN2O2/c1-11(2,12(3,4)17)15-10(16)9-7-8(13)5-6-14-9/h5-7,17H,1-4H3,(H,15,16). The Morgan fingerprint density at radius 1 is 1.41 bits per heavy atom. The summed E-state index contributed by atoms with van der Waals surface area (Å²) in [5.41, 5.74) is -1.58. The molecule has 1 aromatic rings. The third-order valence-corrected chi connectivity index (χ3v) is 3.15. The lowest BCUT2D eigenvalue weighted by atomic mass is 9.86. The lowest BCUT2D eigenvalue weighted by Crippen LogP contribution is -2.57. The topological polar surface area (TPSA) is 62.2 Å². The van der Waals surface area contributed by atoms with Gasteiger partial charge in [0.2, 0.25) is 0 Å². The predicted molar refractivity (Wildman–Crippen MR) is 67.1 cm³/mol. The summed E-state index contributed by atoms with van der Waals surface area (Å²) in [6.45, 7) is 6.77. The average Bonchev–Trinajstić information content (AvgIpc) is 2.15. The number of hydrogen-bond acceptors (Lipinski definition) is 3. The number of halogens is 1. The van der Waals surface area contributed by atoms with Crippen LogP contribution < -0.4 is 5.32 Å². The summed E-state index contributed by atoms with van der Waals surface area (Å²) in [6.07, 6.45) is 1.47. The van der Waals surface area contributed by atoms with E-state index in [4.69, 9.17) is 11.6 Å². The maximum Gasteiger partial charge on any atom is 0.270 e. The molecule has 0 aliphatic carbocycles. The maximum absolute atomic E-state index is 11.9. The summed E-state index contributed by atoms with van der Waals surface area (Å²) in [5, 5.41) is 13.1. The SMILES string of the molecule is CC(C)(O)C(C)(C)NC(=O)c1cc(Cl)ccn1. The molecular formula is C12H17ClN2O2. The quantitative estimate of drug-likeness (QED) is 0.870. The molecule has 0 unspecified atom stereocenters. The van der Waals surface area contributed by atoms with Crippen molar-refractivity contribution in [1.82, 2.24) is 10.3 Å². The zero-order valence-corrected chi connectivity index (χ0v) is 11.2. The van der Waals surface area contributed by atoms with Crippen molar-refractivity contribution in [2.24, 2.45) is 0 Å². The highest BCUT2D eigenvalue weighted by Crippen LogP contribution is 2.21. The summed E-state index contributed by atoms with van der Waals surface area (Å²) in [6, 6.07) is 3.08. The Balaban J connectivity index is 2.87. The Labute approximate surface area is 106 Å². The molecule has 0 saturated carbocycles. The second-order valence-corrected chi connectivity index (χ2v) is 5.43. The number of aliphatic hydroxyl groups is 1. The highest BCUT2D eigenvalue weighted by atomic mass is 35.5. The minimum absolute atomic E-state index is 0.231. The van der Waals surface area contributed by atoms with Gasteiger partial charge in [-0.3, -0.25) is 9.78 Å². The molecule has 17 heavy (non-hydrogen) atoms. The number of hydrogen-bond donors (Lipinski definition) is 2. The van der Waals surface area contributed by atoms with E-state index in [9.17, 15) is 9.90 Å². The Hall–Kier alpha value is -1.13. The number of amides is 1. The van der Waals surface area contributed by atoms with Crippen LogP contribution in [0.5, 0.6) is 0 Å². The van der Waals surface area contributed by atoms with Gasteiger partial charge in [-0.05, 0) is 39.8 Å². The van der Waals surface area contributed by atoms with Crippen LogP contribution in [-0.2, 0) is 0 Å². The van der Waals surface area contributed by atoms with Gasteiger partial charge in [0.25, 0.3) is 5.91 Å². The molecule has 0 spiro atoms. The molecule has 0 radical (unpaired) electrons. The minimum Gasteiger partial charge on any atom is -0.388 e. The van der Waals surface area contributed by atoms with E-state index in [1.807, 2.05) is 0 Å². The van der Waals surface area contributed by atoms with Crippen molar-refractivity contribution in [3.8, 4) is 0 Å². The van der Waals surface area contributed by atoms with Crippen LogP contribution >= 0.6 is 11.6 Å². The molecule has 0 fully saturated rings. The molecule has 0 aliphatic heterocycles. The first-order chi connectivity index (χ1) is 7.63. The van der Waals surface area contributed by atoms with Crippen molar-refractivity contribution >= 4 is 17.5 Å². The van der Waals surface area contributed by atoms with Gasteiger partial charge in [-0.1, -0.05) is 11.6 Å². The van der Waals surface area contributed by atoms with Gasteiger partial charge in [-0.25, -0.2) is 0 Å². The molecule has 4 nitrogen and oxygen atoms in total. The lowest BCUT2D eigenvalue weighted by molar-refractivity contribution is -0.00302. The molecule has 1 aromatic heterocycles. The Morgan fingerprint density at radius 2 is 2.00 bits per heavy atom. The number of carbonyl (C=O) groups excluding carboxylic acids is 1. The Bertz CT molecular complexity index is 425. The van der Waals surface area contributed by atoms with Gasteiger partial charge in [-0.15, -0.1) is 0 Å². The van der Waals surface area contributed by atoms with Crippen molar-refractivity contribution in [2.45, 2.75) is 38.8 Å². The summed E-state index contributed by atoms with van der Waals surface area (Å²) in [7, 11) is 0. The molecule has 5 heteroatoms. The fourth-order valence-corrected chi connectivity index (χ4v) is 1.19. The summed E-state index contributed by atoms with van der Waals surface area (Å²) >= 11 is 5.78. The highest BCUT2D eigenvalue weighted by molar-refractivity contribution is 6.30. The van der Waals surface area contributed by atoms with Crippen LogP contribution in [0.1, 0.15) is 38.2 Å². The summed E-state index contributed by atoms with van der Waals surface area (Å²) in [5.74, 6) is -0.361. The van der Waals surface area contributed by atoms with E-state index in [-0.39, 0.29) is 11.6 Å². The van der Waals surface area contributed by atoms with Crippen LogP contribution in [0.4, 0.5) is 0 Å². The fourth-order valence-electron chi connectivity index (χ4n) is 1.03. The summed E-state index contributed by atoms with van der Waals surface area (Å²) < 4.78 is 0. The van der Waals surface area contributed by atoms with Gasteiger partial charge in [0.15, 0.2) is 0 Å². The molecule has 1 rings (SSSR count). The second-order valence-electron chi connectivity index (χ2n) is 5.00. The van der Waals surface area contributed by atoms with Crippen molar-refractivity contribution in [3.05, 3.63) is 29.0 Å². The largest absolute Gasteiger partial charge is 0.388 e. The number of carbonyl (C=O) groups is 1. The van der Waals surface area contributed by atoms with Gasteiger partial charge < -0.3 is 10.4 Å². The number of nitrogens with one attached hydrogen (secondary N) is 1. The Morgan fingerprint density at radius 3 is 2.47 bits per heavy atom. The van der Waals surface area contributed by atoms with Crippen LogP contribution in [0.2, 0.25) is 5.02 Å². The van der Waals surface area contributed by atoms with Gasteiger partial charge in [-0.2, -0.15) is 0 Å². The lowest BCUT2D eigenvalue weighted by Gasteiger charge is -2.37. The van der Waals surface area contributed by atoms with E-state index >= 15 is 0 Å². The first kappa shape index (κ1) is 13.9. The molecule has 94 valence electrons. The first-order valence-electron chi connectivity index (χ1n) is 5.30. The zero-order chi connectivity index (χ0) is 13.3. The predicted octanol–water partition coefficient (Wildman–Crippen LogP) is 2.01. The van der Waals surface area contributed by atoms with Crippen molar-refractivity contribution in [2.75, 3.05) is 0 Å². The average molecular weight is 257 g/mol. The number of rotatable bonds is 3. The Kier molecular flexibility index (Phi) is 3.79. The number of pyridine rings is 1. The monoisotopic (exact) mass is 256 g/mol. The molecule has 1 heterocycles. The smallest absolute Gasteiger partial charge is 0.270 e. The third kappa shape index (κ3) is 3.41. The molecule has 0 aliphatic rings. The van der Waals surface area contributed by atoms with Gasteiger partial charge in [0.1, 0.15) is 5.69 Å². The molecule has 0 bridgehead atoms. The van der Waals surface area contributed by atoms with E-state index in [0.29, 0.717) is 5.02 Å². The minimum atomic E-state index is -1.04. The van der Waals surface area contributed by atoms with Crippen LogP contribution in [0.15, 0.2) is 18.3 Å². The van der Waals surface area contributed by atoms with E-state index in [0.717, 1.165) is 0 Å². The first-order valence-corrected chi connectivity index (χ1v) is 5.68. The van der Waals surface area contributed by atoms with E-state index in [1.165, 1.54) is 12.3 Å². The maximum atomic E-state index is 11.9. The second kappa shape index (κ2) is 4.63.